The van der Waals surface area contributed by atoms with Crippen LogP contribution in [0, 0.1) is 0 Å². The Morgan fingerprint density at radius 1 is 1.41 bits per heavy atom. The quantitative estimate of drug-likeness (QED) is 0.486. The SMILES string of the molecule is C=Cc1ccccc1N(N)C(=O)OC(C)(C)C. The van der Waals surface area contributed by atoms with Crippen molar-refractivity contribution in [2.45, 2.75) is 26.4 Å². The fraction of sp³-hybridized carbons (Fsp3) is 0.308. The van der Waals surface area contributed by atoms with Crippen LogP contribution in [0.3, 0.4) is 0 Å². The molecule has 1 amide bonds. The number of ether oxygens (including phenoxy) is 1. The summed E-state index contributed by atoms with van der Waals surface area (Å²) in [4.78, 5) is 11.8. The maximum atomic E-state index is 11.8. The van der Waals surface area contributed by atoms with Gasteiger partial charge in [-0.15, -0.1) is 0 Å². The molecule has 0 bridgehead atoms. The predicted molar refractivity (Wildman–Crippen MR) is 69.4 cm³/mol. The minimum atomic E-state index is -0.591. The second-order valence-corrected chi connectivity index (χ2v) is 4.61. The highest BCUT2D eigenvalue weighted by Crippen LogP contribution is 2.20. The average molecular weight is 234 g/mol. The van der Waals surface area contributed by atoms with E-state index in [9.17, 15) is 4.79 Å². The number of nitrogens with two attached hydrogens (primary N) is 1. The van der Waals surface area contributed by atoms with Crippen molar-refractivity contribution in [3.05, 3.63) is 36.4 Å². The number of anilines is 1. The minimum Gasteiger partial charge on any atom is -0.442 e. The Bertz CT molecular complexity index is 422. The van der Waals surface area contributed by atoms with Crippen LogP contribution in [-0.2, 0) is 4.74 Å². The van der Waals surface area contributed by atoms with Crippen molar-refractivity contribution in [1.29, 1.82) is 0 Å². The zero-order chi connectivity index (χ0) is 13.1. The van der Waals surface area contributed by atoms with E-state index in [1.54, 1.807) is 39.0 Å². The molecule has 0 atom stereocenters. The highest BCUT2D eigenvalue weighted by atomic mass is 16.6. The first-order valence-electron chi connectivity index (χ1n) is 5.34. The van der Waals surface area contributed by atoms with Crippen molar-refractivity contribution in [1.82, 2.24) is 0 Å². The van der Waals surface area contributed by atoms with Gasteiger partial charge in [0.05, 0.1) is 5.69 Å². The van der Waals surface area contributed by atoms with E-state index in [1.807, 2.05) is 12.1 Å². The molecular formula is C13H18N2O2. The maximum absolute atomic E-state index is 11.8. The molecule has 17 heavy (non-hydrogen) atoms. The lowest BCUT2D eigenvalue weighted by Gasteiger charge is -2.25. The van der Waals surface area contributed by atoms with Crippen LogP contribution in [-0.4, -0.2) is 11.7 Å². The molecule has 0 spiro atoms. The van der Waals surface area contributed by atoms with E-state index in [0.717, 1.165) is 10.6 Å². The Balaban J connectivity index is 2.92. The zero-order valence-electron chi connectivity index (χ0n) is 10.4. The number of hydrogen-bond acceptors (Lipinski definition) is 3. The molecule has 0 fully saturated rings. The third-order valence-electron chi connectivity index (χ3n) is 2.01. The molecule has 4 heteroatoms. The van der Waals surface area contributed by atoms with Gasteiger partial charge in [0.1, 0.15) is 5.60 Å². The Hall–Kier alpha value is -1.81. The van der Waals surface area contributed by atoms with Crippen LogP contribution in [0.25, 0.3) is 6.08 Å². The maximum Gasteiger partial charge on any atom is 0.429 e. The summed E-state index contributed by atoms with van der Waals surface area (Å²) in [5.41, 5.74) is 0.773. The number of hydrogen-bond donors (Lipinski definition) is 1. The highest BCUT2D eigenvalue weighted by molar-refractivity contribution is 5.89. The van der Waals surface area contributed by atoms with Gasteiger partial charge in [-0.05, 0) is 32.4 Å². The van der Waals surface area contributed by atoms with Crippen LogP contribution >= 0.6 is 0 Å². The van der Waals surface area contributed by atoms with Crippen molar-refractivity contribution in [3.63, 3.8) is 0 Å². The molecule has 0 saturated heterocycles. The third-order valence-corrected chi connectivity index (χ3v) is 2.01. The van der Waals surface area contributed by atoms with Crippen molar-refractivity contribution in [2.75, 3.05) is 5.01 Å². The van der Waals surface area contributed by atoms with Gasteiger partial charge in [-0.25, -0.2) is 15.6 Å². The second-order valence-electron chi connectivity index (χ2n) is 4.61. The number of carbonyl (C=O) groups is 1. The van der Waals surface area contributed by atoms with Gasteiger partial charge in [0, 0.05) is 0 Å². The van der Waals surface area contributed by atoms with Crippen molar-refractivity contribution >= 4 is 17.9 Å². The van der Waals surface area contributed by atoms with Gasteiger partial charge >= 0.3 is 6.09 Å². The molecule has 0 radical (unpaired) electrons. The lowest BCUT2D eigenvalue weighted by Crippen LogP contribution is -2.42. The fourth-order valence-electron chi connectivity index (χ4n) is 1.29. The molecule has 2 N–H and O–H groups in total. The topological polar surface area (TPSA) is 55.6 Å². The molecule has 1 aromatic rings. The zero-order valence-corrected chi connectivity index (χ0v) is 10.4. The normalized spacial score (nSPS) is 10.8. The average Bonchev–Trinajstić information content (AvgIpc) is 2.25. The van der Waals surface area contributed by atoms with E-state index in [-0.39, 0.29) is 0 Å². The van der Waals surface area contributed by atoms with Gasteiger partial charge in [0.15, 0.2) is 0 Å². The summed E-state index contributed by atoms with van der Waals surface area (Å²) in [7, 11) is 0. The van der Waals surface area contributed by atoms with E-state index in [0.29, 0.717) is 5.69 Å². The fourth-order valence-corrected chi connectivity index (χ4v) is 1.29. The summed E-state index contributed by atoms with van der Waals surface area (Å²) in [5, 5.41) is 0.988. The molecule has 0 unspecified atom stereocenters. The van der Waals surface area contributed by atoms with Gasteiger partial charge < -0.3 is 4.74 Å². The lowest BCUT2D eigenvalue weighted by molar-refractivity contribution is 0.0580. The standard InChI is InChI=1S/C13H18N2O2/c1-5-10-8-6-7-9-11(10)15(14)12(16)17-13(2,3)4/h5-9H,1,14H2,2-4H3. The van der Waals surface area contributed by atoms with Crippen LogP contribution in [0.1, 0.15) is 26.3 Å². The molecule has 92 valence electrons. The summed E-state index contributed by atoms with van der Waals surface area (Å²) in [6, 6.07) is 7.21. The number of hydrazine groups is 1. The second kappa shape index (κ2) is 5.01. The van der Waals surface area contributed by atoms with Gasteiger partial charge in [-0.3, -0.25) is 0 Å². The van der Waals surface area contributed by atoms with E-state index in [1.165, 1.54) is 0 Å². The number of nitrogens with zero attached hydrogens (tertiary/aromatic N) is 1. The molecule has 1 aromatic carbocycles. The molecule has 0 aliphatic heterocycles. The molecule has 4 nitrogen and oxygen atoms in total. The van der Waals surface area contributed by atoms with Crippen LogP contribution in [0.15, 0.2) is 30.8 Å². The summed E-state index contributed by atoms with van der Waals surface area (Å²) in [6.45, 7) is 9.04. The summed E-state index contributed by atoms with van der Waals surface area (Å²) in [6.07, 6.45) is 1.05. The molecule has 0 heterocycles. The van der Waals surface area contributed by atoms with Crippen LogP contribution in [0.2, 0.25) is 0 Å². The molecule has 0 aliphatic carbocycles. The Morgan fingerprint density at radius 3 is 2.53 bits per heavy atom. The van der Waals surface area contributed by atoms with E-state index >= 15 is 0 Å². The lowest BCUT2D eigenvalue weighted by atomic mass is 10.1. The van der Waals surface area contributed by atoms with E-state index in [2.05, 4.69) is 6.58 Å². The van der Waals surface area contributed by atoms with E-state index in [4.69, 9.17) is 10.6 Å². The first kappa shape index (κ1) is 13.3. The van der Waals surface area contributed by atoms with Crippen molar-refractivity contribution < 1.29 is 9.53 Å². The summed E-state index contributed by atoms with van der Waals surface area (Å²) < 4.78 is 5.18. The highest BCUT2D eigenvalue weighted by Gasteiger charge is 2.22. The largest absolute Gasteiger partial charge is 0.442 e. The molecule has 1 rings (SSSR count). The van der Waals surface area contributed by atoms with E-state index < -0.39 is 11.7 Å². The first-order valence-corrected chi connectivity index (χ1v) is 5.34. The number of benzene rings is 1. The van der Waals surface area contributed by atoms with Crippen molar-refractivity contribution in [2.24, 2.45) is 5.84 Å². The van der Waals surface area contributed by atoms with Crippen LogP contribution < -0.4 is 10.9 Å². The Morgan fingerprint density at radius 2 is 2.00 bits per heavy atom. The summed E-state index contributed by atoms with van der Waals surface area (Å²) in [5.74, 6) is 5.73. The van der Waals surface area contributed by atoms with Gasteiger partial charge in [0.2, 0.25) is 0 Å². The van der Waals surface area contributed by atoms with Gasteiger partial charge in [-0.1, -0.05) is 30.9 Å². The van der Waals surface area contributed by atoms with Gasteiger partial charge in [0.25, 0.3) is 0 Å². The monoisotopic (exact) mass is 234 g/mol. The van der Waals surface area contributed by atoms with Gasteiger partial charge in [-0.2, -0.15) is 0 Å². The molecule has 0 aromatic heterocycles. The number of rotatable bonds is 2. The van der Waals surface area contributed by atoms with Crippen LogP contribution in [0.5, 0.6) is 0 Å². The predicted octanol–water partition coefficient (Wildman–Crippen LogP) is 2.94. The minimum absolute atomic E-state index is 0.566. The molecule has 0 saturated carbocycles. The smallest absolute Gasteiger partial charge is 0.429 e. The van der Waals surface area contributed by atoms with Crippen molar-refractivity contribution in [3.8, 4) is 0 Å². The third kappa shape index (κ3) is 3.60. The molecular weight excluding hydrogens is 216 g/mol. The number of carbonyl (C=O) groups excluding carboxylic acids is 1. The number of para-hydroxylation sites is 1. The Labute approximate surface area is 102 Å². The van der Waals surface area contributed by atoms with Crippen LogP contribution in [0.4, 0.5) is 10.5 Å². The first-order chi connectivity index (χ1) is 7.85. The Kier molecular flexibility index (Phi) is 3.91. The summed E-state index contributed by atoms with van der Waals surface area (Å²) >= 11 is 0. The molecule has 0 aliphatic rings. The number of amides is 1.